The summed E-state index contributed by atoms with van der Waals surface area (Å²) in [4.78, 5) is 0. The lowest BCUT2D eigenvalue weighted by molar-refractivity contribution is 0.992. The van der Waals surface area contributed by atoms with Gasteiger partial charge in [-0.25, -0.2) is 0 Å². The third-order valence-electron chi connectivity index (χ3n) is 0.741. The van der Waals surface area contributed by atoms with E-state index in [9.17, 15) is 0 Å². The molecule has 0 atom stereocenters. The topological polar surface area (TPSA) is 3.24 Å². The van der Waals surface area contributed by atoms with Gasteiger partial charge >= 0.3 is 0 Å². The van der Waals surface area contributed by atoms with Crippen molar-refractivity contribution in [3.05, 3.63) is 12.3 Å². The van der Waals surface area contributed by atoms with Gasteiger partial charge < -0.3 is 0 Å². The lowest BCUT2D eigenvalue weighted by Gasteiger charge is -2.12. The molecule has 0 aromatic rings. The quantitative estimate of drug-likeness (QED) is 0.396. The Morgan fingerprint density at radius 2 is 2.57 bits per heavy atom. The van der Waals surface area contributed by atoms with E-state index in [1.54, 1.807) is 11.9 Å². The number of hydrogen-bond acceptors (Lipinski definition) is 3. The van der Waals surface area contributed by atoms with Gasteiger partial charge in [-0.05, 0) is 18.4 Å². The van der Waals surface area contributed by atoms with Crippen molar-refractivity contribution < 1.29 is 0 Å². The molecule has 0 unspecified atom stereocenters. The maximum absolute atomic E-state index is 4.07. The summed E-state index contributed by atoms with van der Waals surface area (Å²) >= 11 is 5.80. The Hall–Kier alpha value is 0.240. The molecule has 1 heterocycles. The molecule has 0 aromatic heterocycles. The van der Waals surface area contributed by atoms with Crippen molar-refractivity contribution in [2.24, 2.45) is 0 Å². The normalized spacial score (nSPS) is 20.4. The Labute approximate surface area is 53.4 Å². The number of allylic oxidation sites excluding steroid dienone is 1. The Morgan fingerprint density at radius 1 is 1.71 bits per heavy atom. The molecule has 0 N–H and O–H groups in total. The second-order valence-electron chi connectivity index (χ2n) is 1.31. The van der Waals surface area contributed by atoms with Crippen LogP contribution in [0.3, 0.4) is 0 Å². The van der Waals surface area contributed by atoms with E-state index in [0.717, 1.165) is 0 Å². The first-order valence-electron chi connectivity index (χ1n) is 2.17. The van der Waals surface area contributed by atoms with Crippen LogP contribution in [0.2, 0.25) is 0 Å². The van der Waals surface area contributed by atoms with Crippen LogP contribution < -0.4 is 0 Å². The molecule has 0 amide bonds. The predicted octanol–water partition coefficient (Wildman–Crippen LogP) is 1.70. The number of nitrogens with zero attached hydrogens (tertiary/aromatic N) is 1. The zero-order valence-corrected chi connectivity index (χ0v) is 5.58. The van der Waals surface area contributed by atoms with Crippen LogP contribution in [-0.4, -0.2) is 9.46 Å². The van der Waals surface area contributed by atoms with E-state index in [1.165, 1.54) is 12.2 Å². The van der Waals surface area contributed by atoms with Gasteiger partial charge in [-0.2, -0.15) is 0 Å². The summed E-state index contributed by atoms with van der Waals surface area (Å²) in [6.07, 6.45) is 5.27. The van der Waals surface area contributed by atoms with Gasteiger partial charge in [-0.15, -0.1) is 0 Å². The predicted molar refractivity (Wildman–Crippen MR) is 37.0 cm³/mol. The highest BCUT2D eigenvalue weighted by Crippen LogP contribution is 2.18. The van der Waals surface area contributed by atoms with Crippen LogP contribution in [0.5, 0.6) is 0 Å². The van der Waals surface area contributed by atoms with Crippen LogP contribution >= 0.6 is 24.8 Å². The molecule has 0 bridgehead atoms. The second-order valence-corrected chi connectivity index (χ2v) is 3.07. The van der Waals surface area contributed by atoms with Crippen molar-refractivity contribution >= 4 is 24.8 Å². The molecule has 1 aliphatic rings. The highest BCUT2D eigenvalue weighted by Gasteiger charge is 1.95. The molecule has 0 aliphatic carbocycles. The van der Waals surface area contributed by atoms with E-state index in [-0.39, 0.29) is 0 Å². The van der Waals surface area contributed by atoms with Gasteiger partial charge in [0, 0.05) is 12.0 Å². The third-order valence-corrected chi connectivity index (χ3v) is 2.03. The molecule has 0 radical (unpaired) electrons. The zero-order valence-electron chi connectivity index (χ0n) is 3.87. The SMILES string of the molecule is SN1C=CCCS1. The van der Waals surface area contributed by atoms with E-state index >= 15 is 0 Å². The van der Waals surface area contributed by atoms with Crippen LogP contribution in [0, 0.1) is 0 Å². The lowest BCUT2D eigenvalue weighted by Crippen LogP contribution is -1.96. The first kappa shape index (κ1) is 5.38. The Morgan fingerprint density at radius 3 is 2.86 bits per heavy atom. The van der Waals surface area contributed by atoms with E-state index in [0.29, 0.717) is 0 Å². The van der Waals surface area contributed by atoms with Crippen molar-refractivity contribution in [2.45, 2.75) is 6.42 Å². The largest absolute Gasteiger partial charge is 0.269 e. The highest BCUT2D eigenvalue weighted by molar-refractivity contribution is 8.05. The Balaban J connectivity index is 2.36. The second kappa shape index (κ2) is 2.52. The van der Waals surface area contributed by atoms with Gasteiger partial charge in [0.15, 0.2) is 0 Å². The van der Waals surface area contributed by atoms with Crippen molar-refractivity contribution in [3.63, 3.8) is 0 Å². The van der Waals surface area contributed by atoms with Crippen molar-refractivity contribution in [1.82, 2.24) is 3.71 Å². The fraction of sp³-hybridized carbons (Fsp3) is 0.500. The van der Waals surface area contributed by atoms with Crippen molar-refractivity contribution in [3.8, 4) is 0 Å². The molecule has 1 rings (SSSR count). The molecule has 40 valence electrons. The molecule has 0 aromatic carbocycles. The lowest BCUT2D eigenvalue weighted by atomic mass is 10.5. The van der Waals surface area contributed by atoms with Crippen LogP contribution in [0.25, 0.3) is 0 Å². The van der Waals surface area contributed by atoms with Crippen molar-refractivity contribution in [2.75, 3.05) is 5.75 Å². The summed E-state index contributed by atoms with van der Waals surface area (Å²) in [6.45, 7) is 0. The maximum atomic E-state index is 4.07. The molecular weight excluding hydrogens is 126 g/mol. The summed E-state index contributed by atoms with van der Waals surface area (Å²) in [5.74, 6) is 1.17. The third kappa shape index (κ3) is 1.65. The molecule has 0 saturated heterocycles. The monoisotopic (exact) mass is 133 g/mol. The van der Waals surface area contributed by atoms with Gasteiger partial charge in [0.05, 0.1) is 0 Å². The molecule has 1 aliphatic heterocycles. The minimum absolute atomic E-state index is 1.17. The molecule has 0 spiro atoms. The number of thiol groups is 1. The first-order chi connectivity index (χ1) is 3.39. The molecule has 0 saturated carbocycles. The highest BCUT2D eigenvalue weighted by atomic mass is 32.2. The Kier molecular flexibility index (Phi) is 1.94. The molecule has 7 heavy (non-hydrogen) atoms. The summed E-state index contributed by atoms with van der Waals surface area (Å²) in [5, 5.41) is 0. The minimum Gasteiger partial charge on any atom is -0.269 e. The fourth-order valence-electron chi connectivity index (χ4n) is 0.422. The number of rotatable bonds is 0. The van der Waals surface area contributed by atoms with Crippen LogP contribution in [0.4, 0.5) is 0 Å². The summed E-state index contributed by atoms with van der Waals surface area (Å²) in [5.41, 5.74) is 0. The van der Waals surface area contributed by atoms with Crippen LogP contribution in [-0.2, 0) is 0 Å². The summed E-state index contributed by atoms with van der Waals surface area (Å²) in [7, 11) is 0. The average molecular weight is 133 g/mol. The van der Waals surface area contributed by atoms with Gasteiger partial charge in [0.1, 0.15) is 0 Å². The Bertz CT molecular complexity index is 81.8. The average Bonchev–Trinajstić information content (AvgIpc) is 1.69. The van der Waals surface area contributed by atoms with Crippen LogP contribution in [0.15, 0.2) is 12.3 Å². The van der Waals surface area contributed by atoms with Gasteiger partial charge in [0.25, 0.3) is 0 Å². The van der Waals surface area contributed by atoms with E-state index in [2.05, 4.69) is 18.9 Å². The van der Waals surface area contributed by atoms with E-state index < -0.39 is 0 Å². The fourth-order valence-corrected chi connectivity index (χ4v) is 1.36. The first-order valence-corrected chi connectivity index (χ1v) is 3.51. The smallest absolute Gasteiger partial charge is 0.0190 e. The summed E-state index contributed by atoms with van der Waals surface area (Å²) < 4.78 is 1.82. The van der Waals surface area contributed by atoms with Gasteiger partial charge in [-0.1, -0.05) is 18.9 Å². The zero-order chi connectivity index (χ0) is 5.11. The van der Waals surface area contributed by atoms with Gasteiger partial charge in [0.2, 0.25) is 0 Å². The summed E-state index contributed by atoms with van der Waals surface area (Å²) in [6, 6.07) is 0. The van der Waals surface area contributed by atoms with Crippen LogP contribution in [0.1, 0.15) is 6.42 Å². The molecule has 3 heteroatoms. The van der Waals surface area contributed by atoms with E-state index in [4.69, 9.17) is 0 Å². The standard InChI is InChI=1S/C4H7NS2/c6-5-3-1-2-4-7-5/h1,3,6H,2,4H2. The van der Waals surface area contributed by atoms with Gasteiger partial charge in [-0.3, -0.25) is 3.71 Å². The van der Waals surface area contributed by atoms with Crippen molar-refractivity contribution in [1.29, 1.82) is 0 Å². The minimum atomic E-state index is 1.17. The van der Waals surface area contributed by atoms with E-state index in [1.807, 2.05) is 9.91 Å². The number of hydrogen-bond donors (Lipinski definition) is 1. The molecular formula is C4H7NS2. The molecule has 0 fully saturated rings. The maximum Gasteiger partial charge on any atom is 0.0190 e. The molecule has 1 nitrogen and oxygen atoms in total.